The molecule has 126 valence electrons. The quantitative estimate of drug-likeness (QED) is 0.848. The standard InChI is InChI=1S/C20H24BrN3/c1-14-4-2-5-17(10-14)24-9-8-16(13-24)23-20-7-3-6-19-18(20)11-15(21)12-22-19/h2,4-5,10-12,16,20,23H,3,6-9,13H2,1H3. The highest BCUT2D eigenvalue weighted by atomic mass is 79.9. The lowest BCUT2D eigenvalue weighted by Gasteiger charge is -2.29. The van der Waals surface area contributed by atoms with Crippen LogP contribution in [0.3, 0.4) is 0 Å². The summed E-state index contributed by atoms with van der Waals surface area (Å²) in [6.07, 6.45) is 6.69. The molecule has 1 aliphatic heterocycles. The van der Waals surface area contributed by atoms with Gasteiger partial charge in [0.15, 0.2) is 0 Å². The van der Waals surface area contributed by atoms with Gasteiger partial charge >= 0.3 is 0 Å². The Balaban J connectivity index is 1.45. The molecule has 1 aromatic heterocycles. The van der Waals surface area contributed by atoms with Gasteiger partial charge in [-0.1, -0.05) is 12.1 Å². The highest BCUT2D eigenvalue weighted by molar-refractivity contribution is 9.10. The van der Waals surface area contributed by atoms with Gasteiger partial charge in [0, 0.05) is 47.2 Å². The predicted octanol–water partition coefficient (Wildman–Crippen LogP) is 4.40. The van der Waals surface area contributed by atoms with E-state index < -0.39 is 0 Å². The van der Waals surface area contributed by atoms with Crippen molar-refractivity contribution in [2.75, 3.05) is 18.0 Å². The fraction of sp³-hybridized carbons (Fsp3) is 0.450. The first-order valence-electron chi connectivity index (χ1n) is 8.91. The maximum atomic E-state index is 4.62. The molecular weight excluding hydrogens is 362 g/mol. The van der Waals surface area contributed by atoms with E-state index in [1.807, 2.05) is 6.20 Å². The molecular formula is C20H24BrN3. The van der Waals surface area contributed by atoms with E-state index in [-0.39, 0.29) is 0 Å². The molecule has 0 bridgehead atoms. The number of aromatic nitrogens is 1. The molecule has 0 spiro atoms. The molecule has 1 aliphatic carbocycles. The van der Waals surface area contributed by atoms with Crippen molar-refractivity contribution in [1.82, 2.24) is 10.3 Å². The summed E-state index contributed by atoms with van der Waals surface area (Å²) < 4.78 is 1.09. The van der Waals surface area contributed by atoms with Crippen LogP contribution in [0.25, 0.3) is 0 Å². The van der Waals surface area contributed by atoms with Gasteiger partial charge < -0.3 is 10.2 Å². The fourth-order valence-electron chi connectivity index (χ4n) is 4.04. The van der Waals surface area contributed by atoms with Crippen LogP contribution in [-0.4, -0.2) is 24.1 Å². The molecule has 3 nitrogen and oxygen atoms in total. The summed E-state index contributed by atoms with van der Waals surface area (Å²) in [6.45, 7) is 4.40. The summed E-state index contributed by atoms with van der Waals surface area (Å²) in [5, 5.41) is 3.91. The Labute approximate surface area is 152 Å². The summed E-state index contributed by atoms with van der Waals surface area (Å²) >= 11 is 3.58. The number of aryl methyl sites for hydroxylation is 2. The van der Waals surface area contributed by atoms with E-state index in [4.69, 9.17) is 0 Å². The maximum absolute atomic E-state index is 4.62. The molecule has 24 heavy (non-hydrogen) atoms. The SMILES string of the molecule is Cc1cccc(N2CCC(NC3CCCc4ncc(Br)cc43)C2)c1. The van der Waals surface area contributed by atoms with E-state index in [0.29, 0.717) is 12.1 Å². The molecule has 4 rings (SSSR count). The Morgan fingerprint density at radius 3 is 3.04 bits per heavy atom. The van der Waals surface area contributed by atoms with Crippen molar-refractivity contribution in [3.63, 3.8) is 0 Å². The number of pyridine rings is 1. The molecule has 1 aromatic carbocycles. The van der Waals surface area contributed by atoms with E-state index in [1.54, 1.807) is 0 Å². The molecule has 4 heteroatoms. The van der Waals surface area contributed by atoms with Crippen LogP contribution in [0.2, 0.25) is 0 Å². The number of nitrogens with zero attached hydrogens (tertiary/aromatic N) is 2. The van der Waals surface area contributed by atoms with E-state index in [0.717, 1.165) is 24.0 Å². The number of fused-ring (bicyclic) bond motifs is 1. The Morgan fingerprint density at radius 2 is 2.17 bits per heavy atom. The van der Waals surface area contributed by atoms with Crippen molar-refractivity contribution in [2.45, 2.75) is 44.7 Å². The number of hydrogen-bond acceptors (Lipinski definition) is 3. The van der Waals surface area contributed by atoms with Gasteiger partial charge in [0.2, 0.25) is 0 Å². The number of anilines is 1. The van der Waals surface area contributed by atoms with Gasteiger partial charge in [0.1, 0.15) is 0 Å². The second-order valence-corrected chi connectivity index (χ2v) is 7.99. The van der Waals surface area contributed by atoms with Gasteiger partial charge in [-0.15, -0.1) is 0 Å². The van der Waals surface area contributed by atoms with Crippen molar-refractivity contribution in [2.24, 2.45) is 0 Å². The van der Waals surface area contributed by atoms with E-state index in [9.17, 15) is 0 Å². The van der Waals surface area contributed by atoms with Crippen LogP contribution in [-0.2, 0) is 6.42 Å². The first-order valence-corrected chi connectivity index (χ1v) is 9.70. The van der Waals surface area contributed by atoms with Crippen LogP contribution < -0.4 is 10.2 Å². The number of hydrogen-bond donors (Lipinski definition) is 1. The van der Waals surface area contributed by atoms with Crippen LogP contribution in [0.5, 0.6) is 0 Å². The van der Waals surface area contributed by atoms with Gasteiger partial charge in [0.25, 0.3) is 0 Å². The van der Waals surface area contributed by atoms with Crippen LogP contribution in [0.15, 0.2) is 41.0 Å². The number of halogens is 1. The van der Waals surface area contributed by atoms with Crippen LogP contribution in [0.1, 0.15) is 42.1 Å². The van der Waals surface area contributed by atoms with Gasteiger partial charge in [-0.05, 0) is 77.9 Å². The van der Waals surface area contributed by atoms with E-state index in [1.165, 1.54) is 41.8 Å². The Bertz CT molecular complexity index is 731. The zero-order valence-corrected chi connectivity index (χ0v) is 15.7. The maximum Gasteiger partial charge on any atom is 0.0452 e. The highest BCUT2D eigenvalue weighted by Gasteiger charge is 2.28. The third-order valence-electron chi connectivity index (χ3n) is 5.24. The summed E-state index contributed by atoms with van der Waals surface area (Å²) in [4.78, 5) is 7.13. The van der Waals surface area contributed by atoms with Crippen molar-refractivity contribution in [3.8, 4) is 0 Å². The van der Waals surface area contributed by atoms with Crippen LogP contribution in [0.4, 0.5) is 5.69 Å². The molecule has 0 radical (unpaired) electrons. The second kappa shape index (κ2) is 6.85. The molecule has 2 aromatic rings. The smallest absolute Gasteiger partial charge is 0.0452 e. The summed E-state index contributed by atoms with van der Waals surface area (Å²) in [6, 6.07) is 12.1. The number of nitrogens with one attached hydrogen (secondary N) is 1. The molecule has 2 aliphatic rings. The first kappa shape index (κ1) is 16.1. The fourth-order valence-corrected chi connectivity index (χ4v) is 4.39. The second-order valence-electron chi connectivity index (χ2n) is 7.07. The molecule has 0 amide bonds. The minimum atomic E-state index is 0.446. The Morgan fingerprint density at radius 1 is 1.25 bits per heavy atom. The largest absolute Gasteiger partial charge is 0.370 e. The topological polar surface area (TPSA) is 28.2 Å². The third-order valence-corrected chi connectivity index (χ3v) is 5.68. The normalized spacial score (nSPS) is 23.3. The third kappa shape index (κ3) is 3.35. The zero-order valence-electron chi connectivity index (χ0n) is 14.1. The molecule has 2 heterocycles. The molecule has 1 N–H and O–H groups in total. The van der Waals surface area contributed by atoms with Crippen molar-refractivity contribution >= 4 is 21.6 Å². The minimum Gasteiger partial charge on any atom is -0.370 e. The van der Waals surface area contributed by atoms with Crippen LogP contribution >= 0.6 is 15.9 Å². The van der Waals surface area contributed by atoms with Gasteiger partial charge in [-0.3, -0.25) is 4.98 Å². The molecule has 2 atom stereocenters. The van der Waals surface area contributed by atoms with Gasteiger partial charge in [0.05, 0.1) is 0 Å². The lowest BCUT2D eigenvalue weighted by Crippen LogP contribution is -2.37. The van der Waals surface area contributed by atoms with Crippen molar-refractivity contribution in [3.05, 3.63) is 57.8 Å². The lowest BCUT2D eigenvalue weighted by atomic mass is 9.90. The highest BCUT2D eigenvalue weighted by Crippen LogP contribution is 2.32. The van der Waals surface area contributed by atoms with E-state index >= 15 is 0 Å². The summed E-state index contributed by atoms with van der Waals surface area (Å²) in [5.41, 5.74) is 5.36. The zero-order chi connectivity index (χ0) is 16.5. The molecule has 0 saturated carbocycles. The van der Waals surface area contributed by atoms with Gasteiger partial charge in [-0.25, -0.2) is 0 Å². The average Bonchev–Trinajstić information content (AvgIpc) is 3.04. The first-order chi connectivity index (χ1) is 11.7. The predicted molar refractivity (Wildman–Crippen MR) is 103 cm³/mol. The number of benzene rings is 1. The Kier molecular flexibility index (Phi) is 4.59. The summed E-state index contributed by atoms with van der Waals surface area (Å²) in [7, 11) is 0. The van der Waals surface area contributed by atoms with Gasteiger partial charge in [-0.2, -0.15) is 0 Å². The van der Waals surface area contributed by atoms with Crippen molar-refractivity contribution in [1.29, 1.82) is 0 Å². The summed E-state index contributed by atoms with van der Waals surface area (Å²) in [5.74, 6) is 0. The van der Waals surface area contributed by atoms with Crippen molar-refractivity contribution < 1.29 is 0 Å². The Hall–Kier alpha value is -1.39. The number of rotatable bonds is 3. The van der Waals surface area contributed by atoms with E-state index in [2.05, 4.69) is 68.4 Å². The lowest BCUT2D eigenvalue weighted by molar-refractivity contribution is 0.406. The molecule has 1 saturated heterocycles. The average molecular weight is 386 g/mol. The minimum absolute atomic E-state index is 0.446. The molecule has 2 unspecified atom stereocenters. The monoisotopic (exact) mass is 385 g/mol. The van der Waals surface area contributed by atoms with Crippen LogP contribution in [0, 0.1) is 6.92 Å². The molecule has 1 fully saturated rings.